The van der Waals surface area contributed by atoms with Crippen LogP contribution in [0.2, 0.25) is 0 Å². The quantitative estimate of drug-likeness (QED) is 0.333. The maximum atomic E-state index is 14.7. The summed E-state index contributed by atoms with van der Waals surface area (Å²) >= 11 is 0. The number of likely N-dealkylation sites (tertiary alicyclic amines) is 1. The van der Waals surface area contributed by atoms with Crippen LogP contribution in [-0.4, -0.2) is 109 Å². The van der Waals surface area contributed by atoms with Gasteiger partial charge in [0, 0.05) is 31.0 Å². The molecule has 5 amide bonds. The van der Waals surface area contributed by atoms with Crippen molar-refractivity contribution >= 4 is 45.4 Å². The summed E-state index contributed by atoms with van der Waals surface area (Å²) in [6.07, 6.45) is 4.56. The molecule has 15 nitrogen and oxygen atoms in total. The van der Waals surface area contributed by atoms with Crippen molar-refractivity contribution in [2.45, 2.75) is 112 Å². The average molecular weight is 840 g/mol. The number of benzene rings is 2. The Morgan fingerprint density at radius 3 is 2.53 bits per heavy atom. The molecule has 1 spiro atoms. The molecule has 59 heavy (non-hydrogen) atoms. The summed E-state index contributed by atoms with van der Waals surface area (Å²) in [4.78, 5) is 74.2. The molecule has 3 fully saturated rings. The second kappa shape index (κ2) is 17.2. The number of hydrogen-bond acceptors (Lipinski definition) is 10. The molecule has 5 aliphatic rings. The average Bonchev–Trinajstić information content (AvgIpc) is 3.53. The van der Waals surface area contributed by atoms with E-state index in [0.29, 0.717) is 43.4 Å². The highest BCUT2D eigenvalue weighted by molar-refractivity contribution is 7.90. The number of nitrogens with zero attached hydrogens (tertiary/aromatic N) is 3. The largest absolute Gasteiger partial charge is 0.444 e. The molecular formula is C41H51F2N7O8S. The van der Waals surface area contributed by atoms with E-state index in [9.17, 15) is 41.2 Å². The fraction of sp³-hybridized carbons (Fsp3) is 0.537. The van der Waals surface area contributed by atoms with E-state index in [4.69, 9.17) is 4.74 Å². The highest BCUT2D eigenvalue weighted by Gasteiger charge is 2.61. The molecule has 2 aromatic rings. The minimum absolute atomic E-state index is 0.0173. The maximum absolute atomic E-state index is 14.7. The van der Waals surface area contributed by atoms with Gasteiger partial charge in [0.15, 0.2) is 0 Å². The zero-order valence-electron chi connectivity index (χ0n) is 33.0. The SMILES string of the molecule is C=C[C@@H]1C[C@@]12NC(=O)[C@@H]1C[C@@H](OC(=O)N3Cc4cccc(F)c4C3)CN1C(=O)[C@@H](NC(=O)[C@H]1CCCN1C)CCCCCCCNc1ccc(F)cc1S(=O)(=O)NC2=O. The Kier molecular flexibility index (Phi) is 12.3. The van der Waals surface area contributed by atoms with Crippen molar-refractivity contribution in [2.24, 2.45) is 5.92 Å². The van der Waals surface area contributed by atoms with Crippen molar-refractivity contribution in [1.82, 2.24) is 30.1 Å². The van der Waals surface area contributed by atoms with E-state index < -0.39 is 86.1 Å². The molecule has 1 aliphatic carbocycles. The van der Waals surface area contributed by atoms with Gasteiger partial charge in [0.1, 0.15) is 40.3 Å². The summed E-state index contributed by atoms with van der Waals surface area (Å²) < 4.78 is 64.3. The minimum Gasteiger partial charge on any atom is -0.444 e. The van der Waals surface area contributed by atoms with Crippen LogP contribution in [0.3, 0.4) is 0 Å². The number of halogens is 2. The van der Waals surface area contributed by atoms with Crippen LogP contribution in [0.5, 0.6) is 0 Å². The van der Waals surface area contributed by atoms with Crippen LogP contribution >= 0.6 is 0 Å². The normalized spacial score (nSPS) is 29.0. The molecular weight excluding hydrogens is 789 g/mol. The second-order valence-electron chi connectivity index (χ2n) is 16.2. The van der Waals surface area contributed by atoms with Crippen LogP contribution < -0.4 is 20.7 Å². The van der Waals surface area contributed by atoms with Crippen molar-refractivity contribution in [3.8, 4) is 0 Å². The van der Waals surface area contributed by atoms with E-state index in [0.717, 1.165) is 37.9 Å². The van der Waals surface area contributed by atoms with Crippen LogP contribution in [-0.2, 0) is 47.0 Å². The zero-order chi connectivity index (χ0) is 42.1. The Balaban J connectivity index is 1.17. The standard InChI is InChI=1S/C41H51F2N7O8S/c1-3-26-21-41(26)39(54)47-59(56,57)35-19-27(42)15-16-31(35)44-17-8-6-4-5-7-13-32(45-36(51)33-14-10-18-48(33)2)38(53)50-23-28(20-34(50)37(52)46-41)58-40(55)49-22-25-11-9-12-30(43)29(25)24-49/h3,9,11-12,15-16,19,26,28,32-34,44H,1,4-8,10,13-14,17-18,20-24H2,2H3,(H,45,51)(H,46,52)(H,47,54)/t26-,28-,32+,33-,34+,41-/m1/s1. The number of carbonyl (C=O) groups is 5. The topological polar surface area (TPSA) is 187 Å². The van der Waals surface area contributed by atoms with Crippen molar-refractivity contribution in [3.63, 3.8) is 0 Å². The Morgan fingerprint density at radius 1 is 1.02 bits per heavy atom. The summed E-state index contributed by atoms with van der Waals surface area (Å²) in [5, 5.41) is 8.70. The smallest absolute Gasteiger partial charge is 0.410 e. The van der Waals surface area contributed by atoms with Crippen LogP contribution in [0.25, 0.3) is 0 Å². The minimum atomic E-state index is -4.67. The first-order valence-corrected chi connectivity index (χ1v) is 21.8. The van der Waals surface area contributed by atoms with Gasteiger partial charge in [-0.1, -0.05) is 43.9 Å². The predicted octanol–water partition coefficient (Wildman–Crippen LogP) is 3.30. The molecule has 18 heteroatoms. The van der Waals surface area contributed by atoms with Gasteiger partial charge < -0.3 is 25.6 Å². The lowest BCUT2D eigenvalue weighted by atomic mass is 10.0. The van der Waals surface area contributed by atoms with Crippen LogP contribution in [0.1, 0.15) is 75.3 Å². The third kappa shape index (κ3) is 8.93. The molecule has 2 aromatic carbocycles. The molecule has 6 atom stereocenters. The number of ether oxygens (including phenoxy) is 1. The molecule has 4 aliphatic heterocycles. The number of hydrogen-bond donors (Lipinski definition) is 4. The lowest BCUT2D eigenvalue weighted by molar-refractivity contribution is -0.143. The molecule has 4 heterocycles. The van der Waals surface area contributed by atoms with Gasteiger partial charge in [0.2, 0.25) is 17.7 Å². The van der Waals surface area contributed by atoms with E-state index in [1.54, 1.807) is 12.1 Å². The van der Waals surface area contributed by atoms with Crippen molar-refractivity contribution < 1.29 is 45.9 Å². The van der Waals surface area contributed by atoms with E-state index >= 15 is 0 Å². The number of likely N-dealkylation sites (N-methyl/N-ethyl adjacent to an activating group) is 1. The van der Waals surface area contributed by atoms with Crippen molar-refractivity contribution in [3.05, 3.63) is 71.8 Å². The number of fused-ring (bicyclic) bond motifs is 3. The van der Waals surface area contributed by atoms with E-state index in [1.165, 1.54) is 28.0 Å². The molecule has 4 N–H and O–H groups in total. The molecule has 0 unspecified atom stereocenters. The van der Waals surface area contributed by atoms with Gasteiger partial charge in [0.05, 0.1) is 24.8 Å². The first-order chi connectivity index (χ1) is 28.2. The van der Waals surface area contributed by atoms with E-state index in [-0.39, 0.29) is 50.5 Å². The molecule has 0 bridgehead atoms. The highest BCUT2D eigenvalue weighted by Crippen LogP contribution is 2.45. The predicted molar refractivity (Wildman–Crippen MR) is 211 cm³/mol. The van der Waals surface area contributed by atoms with Gasteiger partial charge in [-0.25, -0.2) is 26.7 Å². The first kappa shape index (κ1) is 42.0. The fourth-order valence-corrected chi connectivity index (χ4v) is 10.00. The molecule has 7 rings (SSSR count). The highest BCUT2D eigenvalue weighted by atomic mass is 32.2. The number of carbonyl (C=O) groups excluding carboxylic acids is 5. The van der Waals surface area contributed by atoms with E-state index in [1.807, 2.05) is 16.7 Å². The molecule has 318 valence electrons. The number of rotatable bonds is 4. The molecule has 2 saturated heterocycles. The van der Waals surface area contributed by atoms with Gasteiger partial charge in [0.25, 0.3) is 15.9 Å². The summed E-state index contributed by atoms with van der Waals surface area (Å²) in [5.74, 6) is -4.74. The number of anilines is 1. The summed E-state index contributed by atoms with van der Waals surface area (Å²) in [7, 11) is -2.83. The Labute approximate surface area is 342 Å². The summed E-state index contributed by atoms with van der Waals surface area (Å²) in [6.45, 7) is 4.69. The molecule has 0 radical (unpaired) electrons. The van der Waals surface area contributed by atoms with Gasteiger partial charge in [-0.3, -0.25) is 29.0 Å². The zero-order valence-corrected chi connectivity index (χ0v) is 33.8. The van der Waals surface area contributed by atoms with Crippen LogP contribution in [0, 0.1) is 17.6 Å². The summed E-state index contributed by atoms with van der Waals surface area (Å²) in [6, 6.07) is 5.03. The van der Waals surface area contributed by atoms with Gasteiger partial charge in [-0.05, 0) is 75.5 Å². The van der Waals surface area contributed by atoms with E-state index in [2.05, 4.69) is 22.5 Å². The lowest BCUT2D eigenvalue weighted by Gasteiger charge is -2.31. The van der Waals surface area contributed by atoms with Crippen molar-refractivity contribution in [2.75, 3.05) is 32.0 Å². The van der Waals surface area contributed by atoms with Gasteiger partial charge >= 0.3 is 6.09 Å². The van der Waals surface area contributed by atoms with Gasteiger partial charge in [-0.15, -0.1) is 6.58 Å². The fourth-order valence-electron chi connectivity index (χ4n) is 8.77. The maximum Gasteiger partial charge on any atom is 0.410 e. The van der Waals surface area contributed by atoms with Gasteiger partial charge in [-0.2, -0.15) is 0 Å². The Morgan fingerprint density at radius 2 is 1.80 bits per heavy atom. The Bertz CT molecular complexity index is 2120. The monoisotopic (exact) mass is 839 g/mol. The number of nitrogens with one attached hydrogen (secondary N) is 4. The van der Waals surface area contributed by atoms with Crippen LogP contribution in [0.15, 0.2) is 53.9 Å². The van der Waals surface area contributed by atoms with Crippen LogP contribution in [0.4, 0.5) is 19.3 Å². The molecule has 1 saturated carbocycles. The molecule has 0 aromatic heterocycles. The third-order valence-electron chi connectivity index (χ3n) is 12.2. The Hall–Kier alpha value is -5.10. The second-order valence-corrected chi connectivity index (χ2v) is 17.9. The number of amides is 5. The van der Waals surface area contributed by atoms with Crippen molar-refractivity contribution in [1.29, 1.82) is 0 Å². The summed E-state index contributed by atoms with van der Waals surface area (Å²) in [5.41, 5.74) is -0.684. The lowest BCUT2D eigenvalue weighted by Crippen LogP contribution is -2.58. The first-order valence-electron chi connectivity index (χ1n) is 20.3. The third-order valence-corrected chi connectivity index (χ3v) is 13.6. The number of sulfonamides is 1.